The molecular formula is C16H25N3O2. The Labute approximate surface area is 127 Å². The van der Waals surface area contributed by atoms with Gasteiger partial charge in [0.1, 0.15) is 6.10 Å². The molecular weight excluding hydrogens is 266 g/mol. The van der Waals surface area contributed by atoms with Crippen molar-refractivity contribution in [1.82, 2.24) is 14.9 Å². The van der Waals surface area contributed by atoms with Crippen LogP contribution >= 0.6 is 0 Å². The monoisotopic (exact) mass is 291 g/mol. The number of ether oxygens (including phenoxy) is 2. The van der Waals surface area contributed by atoms with E-state index in [-0.39, 0.29) is 6.10 Å². The van der Waals surface area contributed by atoms with Crippen molar-refractivity contribution in [3.05, 3.63) is 30.6 Å². The number of allylic oxidation sites excluding steroid dienone is 1. The number of hydrogen-bond acceptors (Lipinski definition) is 5. The maximum atomic E-state index is 5.99. The van der Waals surface area contributed by atoms with Crippen LogP contribution in [0.3, 0.4) is 0 Å². The molecule has 0 saturated carbocycles. The van der Waals surface area contributed by atoms with E-state index in [2.05, 4.69) is 21.4 Å². The molecule has 116 valence electrons. The molecule has 0 radical (unpaired) electrons. The lowest BCUT2D eigenvalue weighted by molar-refractivity contribution is 0.106. The van der Waals surface area contributed by atoms with E-state index in [0.29, 0.717) is 6.01 Å². The average molecular weight is 291 g/mol. The highest BCUT2D eigenvalue weighted by Gasteiger charge is 2.18. The third-order valence-corrected chi connectivity index (χ3v) is 3.51. The maximum absolute atomic E-state index is 5.99. The summed E-state index contributed by atoms with van der Waals surface area (Å²) in [5, 5.41) is 0. The zero-order valence-electron chi connectivity index (χ0n) is 12.8. The average Bonchev–Trinajstić information content (AvgIpc) is 2.73. The Morgan fingerprint density at radius 1 is 1.48 bits per heavy atom. The highest BCUT2D eigenvalue weighted by molar-refractivity contribution is 5.03. The first kappa shape index (κ1) is 15.9. The first-order chi connectivity index (χ1) is 10.3. The van der Waals surface area contributed by atoms with Gasteiger partial charge in [0.25, 0.3) is 0 Å². The van der Waals surface area contributed by atoms with Gasteiger partial charge in [-0.2, -0.15) is 0 Å². The van der Waals surface area contributed by atoms with Crippen molar-refractivity contribution in [2.45, 2.75) is 32.3 Å². The Morgan fingerprint density at radius 3 is 3.19 bits per heavy atom. The molecule has 0 amide bonds. The van der Waals surface area contributed by atoms with Crippen LogP contribution in [0.15, 0.2) is 24.9 Å². The smallest absolute Gasteiger partial charge is 0.316 e. The summed E-state index contributed by atoms with van der Waals surface area (Å²) >= 11 is 0. The van der Waals surface area contributed by atoms with Gasteiger partial charge in [-0.05, 0) is 32.3 Å². The van der Waals surface area contributed by atoms with Crippen LogP contribution in [0.25, 0.3) is 0 Å². The van der Waals surface area contributed by atoms with E-state index < -0.39 is 0 Å². The zero-order valence-corrected chi connectivity index (χ0v) is 12.8. The van der Waals surface area contributed by atoms with E-state index in [1.54, 1.807) is 6.20 Å². The molecule has 2 heterocycles. The van der Waals surface area contributed by atoms with Gasteiger partial charge in [-0.15, -0.1) is 6.58 Å². The van der Waals surface area contributed by atoms with Gasteiger partial charge in [0.05, 0.1) is 6.61 Å². The molecule has 0 aliphatic carbocycles. The molecule has 0 aromatic carbocycles. The van der Waals surface area contributed by atoms with E-state index in [1.165, 1.54) is 0 Å². The summed E-state index contributed by atoms with van der Waals surface area (Å²) in [4.78, 5) is 10.9. The van der Waals surface area contributed by atoms with Crippen molar-refractivity contribution < 1.29 is 9.47 Å². The van der Waals surface area contributed by atoms with Crippen molar-refractivity contribution in [3.8, 4) is 6.01 Å². The quantitative estimate of drug-likeness (QED) is 0.721. The fraction of sp³-hybridized carbons (Fsp3) is 0.625. The first-order valence-electron chi connectivity index (χ1n) is 7.65. The molecule has 0 spiro atoms. The third-order valence-electron chi connectivity index (χ3n) is 3.51. The second kappa shape index (κ2) is 8.74. The Kier molecular flexibility index (Phi) is 6.63. The van der Waals surface area contributed by atoms with Crippen LogP contribution in [-0.2, 0) is 4.74 Å². The molecule has 5 heteroatoms. The largest absolute Gasteiger partial charge is 0.459 e. The number of rotatable bonds is 7. The minimum Gasteiger partial charge on any atom is -0.459 e. The van der Waals surface area contributed by atoms with Crippen molar-refractivity contribution in [3.63, 3.8) is 0 Å². The van der Waals surface area contributed by atoms with Gasteiger partial charge in [0.15, 0.2) is 0 Å². The van der Waals surface area contributed by atoms with E-state index >= 15 is 0 Å². The number of nitrogens with zero attached hydrogens (tertiary/aromatic N) is 3. The Hall–Kier alpha value is -1.46. The summed E-state index contributed by atoms with van der Waals surface area (Å²) in [5.41, 5.74) is 0.922. The predicted molar refractivity (Wildman–Crippen MR) is 82.5 cm³/mol. The normalized spacial score (nSPS) is 18.0. The number of aryl methyl sites for hydroxylation is 1. The number of aromatic nitrogens is 2. The molecule has 2 rings (SSSR count). The van der Waals surface area contributed by atoms with Crippen LogP contribution in [-0.4, -0.2) is 53.8 Å². The summed E-state index contributed by atoms with van der Waals surface area (Å²) in [6, 6.07) is 2.34. The molecule has 1 aromatic rings. The molecule has 1 aliphatic heterocycles. The molecule has 0 bridgehead atoms. The fourth-order valence-corrected chi connectivity index (χ4v) is 2.39. The molecule has 1 aliphatic rings. The SMILES string of the molecule is C=CCC[C@@H](CN1CCCOCC1)Oc1nccc(C)n1. The van der Waals surface area contributed by atoms with Gasteiger partial charge in [0, 0.05) is 38.1 Å². The van der Waals surface area contributed by atoms with E-state index in [4.69, 9.17) is 9.47 Å². The number of hydrogen-bond donors (Lipinski definition) is 0. The van der Waals surface area contributed by atoms with Crippen molar-refractivity contribution in [1.29, 1.82) is 0 Å². The third kappa shape index (κ3) is 5.81. The Balaban J connectivity index is 1.94. The van der Waals surface area contributed by atoms with Crippen LogP contribution in [0, 0.1) is 6.92 Å². The molecule has 1 aromatic heterocycles. The van der Waals surface area contributed by atoms with Crippen LogP contribution in [0.5, 0.6) is 6.01 Å². The molecule has 0 N–H and O–H groups in total. The minimum atomic E-state index is 0.0860. The highest BCUT2D eigenvalue weighted by Crippen LogP contribution is 2.12. The molecule has 1 saturated heterocycles. The second-order valence-electron chi connectivity index (χ2n) is 5.35. The van der Waals surface area contributed by atoms with Crippen LogP contribution in [0.2, 0.25) is 0 Å². The predicted octanol–water partition coefficient (Wildman–Crippen LogP) is 2.22. The topological polar surface area (TPSA) is 47.5 Å². The molecule has 0 unspecified atom stereocenters. The van der Waals surface area contributed by atoms with Gasteiger partial charge in [-0.3, -0.25) is 4.90 Å². The summed E-state index contributed by atoms with van der Waals surface area (Å²) in [6.45, 7) is 10.3. The van der Waals surface area contributed by atoms with Gasteiger partial charge >= 0.3 is 6.01 Å². The fourth-order valence-electron chi connectivity index (χ4n) is 2.39. The molecule has 1 atom stereocenters. The van der Waals surface area contributed by atoms with Gasteiger partial charge in [0.2, 0.25) is 0 Å². The van der Waals surface area contributed by atoms with Gasteiger partial charge in [-0.25, -0.2) is 9.97 Å². The molecule has 5 nitrogen and oxygen atoms in total. The van der Waals surface area contributed by atoms with Gasteiger partial charge in [-0.1, -0.05) is 6.08 Å². The van der Waals surface area contributed by atoms with E-state index in [1.807, 2.05) is 19.1 Å². The summed E-state index contributed by atoms with van der Waals surface area (Å²) in [7, 11) is 0. The van der Waals surface area contributed by atoms with Crippen LogP contribution < -0.4 is 4.74 Å². The van der Waals surface area contributed by atoms with Crippen molar-refractivity contribution >= 4 is 0 Å². The van der Waals surface area contributed by atoms with E-state index in [9.17, 15) is 0 Å². The Bertz CT molecular complexity index is 431. The lowest BCUT2D eigenvalue weighted by Gasteiger charge is -2.25. The molecule has 21 heavy (non-hydrogen) atoms. The first-order valence-corrected chi connectivity index (χ1v) is 7.65. The summed E-state index contributed by atoms with van der Waals surface area (Å²) in [5.74, 6) is 0. The van der Waals surface area contributed by atoms with Crippen LogP contribution in [0.1, 0.15) is 25.0 Å². The second-order valence-corrected chi connectivity index (χ2v) is 5.35. The summed E-state index contributed by atoms with van der Waals surface area (Å²) in [6.07, 6.45) is 6.69. The summed E-state index contributed by atoms with van der Waals surface area (Å²) < 4.78 is 11.5. The van der Waals surface area contributed by atoms with E-state index in [0.717, 1.165) is 57.8 Å². The lowest BCUT2D eigenvalue weighted by Crippen LogP contribution is -2.37. The zero-order chi connectivity index (χ0) is 14.9. The van der Waals surface area contributed by atoms with Crippen LogP contribution in [0.4, 0.5) is 0 Å². The standard InChI is InChI=1S/C16H25N3O2/c1-3-4-6-15(13-19-9-5-11-20-12-10-19)21-16-17-8-7-14(2)18-16/h3,7-8,15H,1,4-6,9-13H2,2H3/t15-/m0/s1. The minimum absolute atomic E-state index is 0.0860. The highest BCUT2D eigenvalue weighted by atomic mass is 16.5. The van der Waals surface area contributed by atoms with Gasteiger partial charge < -0.3 is 9.47 Å². The maximum Gasteiger partial charge on any atom is 0.316 e. The Morgan fingerprint density at radius 2 is 2.38 bits per heavy atom. The van der Waals surface area contributed by atoms with Crippen molar-refractivity contribution in [2.24, 2.45) is 0 Å². The lowest BCUT2D eigenvalue weighted by atomic mass is 10.2. The van der Waals surface area contributed by atoms with Crippen molar-refractivity contribution in [2.75, 3.05) is 32.8 Å². The molecule has 1 fully saturated rings.